The van der Waals surface area contributed by atoms with Crippen molar-refractivity contribution >= 4 is 15.9 Å². The second-order valence-electron chi connectivity index (χ2n) is 9.32. The zero-order chi connectivity index (χ0) is 26.2. The molecule has 0 saturated carbocycles. The SMILES string of the molecule is Cc1ccc(-c2nnc(-c3ccc(C(=O)N4CCN(S(=O)(=O)c5cc(C)ccc5C)CC4)cc3)o2)cc1. The summed E-state index contributed by atoms with van der Waals surface area (Å²) in [5, 5.41) is 8.28. The van der Waals surface area contributed by atoms with Crippen LogP contribution in [0.2, 0.25) is 0 Å². The van der Waals surface area contributed by atoms with Crippen LogP contribution in [0, 0.1) is 20.8 Å². The maximum atomic E-state index is 13.2. The normalized spacial score (nSPS) is 14.6. The third-order valence-corrected chi connectivity index (χ3v) is 8.63. The molecule has 1 amide bonds. The summed E-state index contributed by atoms with van der Waals surface area (Å²) >= 11 is 0. The maximum absolute atomic E-state index is 13.2. The zero-order valence-corrected chi connectivity index (χ0v) is 21.8. The topological polar surface area (TPSA) is 96.6 Å². The summed E-state index contributed by atoms with van der Waals surface area (Å²) in [6.07, 6.45) is 0. The smallest absolute Gasteiger partial charge is 0.253 e. The molecule has 0 atom stereocenters. The Kier molecular flexibility index (Phi) is 6.66. The fraction of sp³-hybridized carbons (Fsp3) is 0.250. The molecular formula is C28H28N4O4S. The summed E-state index contributed by atoms with van der Waals surface area (Å²) in [7, 11) is -3.61. The fourth-order valence-electron chi connectivity index (χ4n) is 4.35. The molecule has 0 bridgehead atoms. The van der Waals surface area contributed by atoms with E-state index in [1.165, 1.54) is 4.31 Å². The number of carbonyl (C=O) groups is 1. The van der Waals surface area contributed by atoms with Crippen LogP contribution in [0.15, 0.2) is 76.0 Å². The highest BCUT2D eigenvalue weighted by Gasteiger charge is 2.31. The van der Waals surface area contributed by atoms with Crippen LogP contribution in [0.1, 0.15) is 27.0 Å². The first-order valence-electron chi connectivity index (χ1n) is 12.1. The lowest BCUT2D eigenvalue weighted by Crippen LogP contribution is -2.50. The van der Waals surface area contributed by atoms with Crippen molar-refractivity contribution in [1.82, 2.24) is 19.4 Å². The van der Waals surface area contributed by atoms with Gasteiger partial charge >= 0.3 is 0 Å². The summed E-state index contributed by atoms with van der Waals surface area (Å²) in [4.78, 5) is 15.1. The molecular weight excluding hydrogens is 488 g/mol. The largest absolute Gasteiger partial charge is 0.416 e. The van der Waals surface area contributed by atoms with Gasteiger partial charge in [0.05, 0.1) is 4.90 Å². The lowest BCUT2D eigenvalue weighted by molar-refractivity contribution is 0.0698. The molecule has 0 radical (unpaired) electrons. The van der Waals surface area contributed by atoms with Crippen molar-refractivity contribution in [1.29, 1.82) is 0 Å². The molecule has 3 aromatic carbocycles. The second kappa shape index (κ2) is 9.91. The Balaban J connectivity index is 1.24. The molecule has 37 heavy (non-hydrogen) atoms. The van der Waals surface area contributed by atoms with Gasteiger partial charge in [0, 0.05) is 42.9 Å². The first-order valence-corrected chi connectivity index (χ1v) is 13.5. The minimum absolute atomic E-state index is 0.138. The standard InChI is InChI=1S/C28H28N4O4S/c1-19-5-8-22(9-6-19)26-29-30-27(36-26)23-10-12-24(13-11-23)28(33)31-14-16-32(17-15-31)37(34,35)25-18-20(2)4-7-21(25)3/h4-13,18H,14-17H2,1-3H3. The molecule has 8 nitrogen and oxygen atoms in total. The van der Waals surface area contributed by atoms with Crippen molar-refractivity contribution in [2.45, 2.75) is 25.7 Å². The Bertz CT molecular complexity index is 1540. The van der Waals surface area contributed by atoms with Gasteiger partial charge < -0.3 is 9.32 Å². The Morgan fingerprint density at radius 3 is 1.89 bits per heavy atom. The number of aromatic nitrogens is 2. The molecule has 2 heterocycles. The van der Waals surface area contributed by atoms with Crippen molar-refractivity contribution in [2.24, 2.45) is 0 Å². The molecule has 9 heteroatoms. The number of hydrogen-bond acceptors (Lipinski definition) is 6. The first-order chi connectivity index (χ1) is 17.7. The molecule has 1 saturated heterocycles. The van der Waals surface area contributed by atoms with Crippen molar-refractivity contribution in [3.05, 3.63) is 89.0 Å². The summed E-state index contributed by atoms with van der Waals surface area (Å²) in [6.45, 7) is 6.85. The van der Waals surface area contributed by atoms with Gasteiger partial charge in [-0.1, -0.05) is 29.8 Å². The summed E-state index contributed by atoms with van der Waals surface area (Å²) in [5.74, 6) is 0.671. The van der Waals surface area contributed by atoms with Crippen LogP contribution in [0.25, 0.3) is 22.9 Å². The van der Waals surface area contributed by atoms with Crippen molar-refractivity contribution in [3.8, 4) is 22.9 Å². The van der Waals surface area contributed by atoms with Gasteiger partial charge in [0.1, 0.15) is 0 Å². The number of hydrogen-bond donors (Lipinski definition) is 0. The van der Waals surface area contributed by atoms with E-state index in [2.05, 4.69) is 10.2 Å². The molecule has 5 rings (SSSR count). The van der Waals surface area contributed by atoms with Crippen molar-refractivity contribution in [2.75, 3.05) is 26.2 Å². The van der Waals surface area contributed by atoms with E-state index in [4.69, 9.17) is 4.42 Å². The van der Waals surface area contributed by atoms with Crippen LogP contribution in [0.4, 0.5) is 0 Å². The van der Waals surface area contributed by atoms with Crippen LogP contribution in [-0.4, -0.2) is 59.9 Å². The van der Waals surface area contributed by atoms with E-state index in [9.17, 15) is 13.2 Å². The Hall–Kier alpha value is -3.82. The minimum atomic E-state index is -3.61. The predicted octanol–water partition coefficient (Wildman–Crippen LogP) is 4.48. The highest BCUT2D eigenvalue weighted by Crippen LogP contribution is 2.26. The van der Waals surface area contributed by atoms with Gasteiger partial charge in [0.25, 0.3) is 5.91 Å². The van der Waals surface area contributed by atoms with Gasteiger partial charge in [-0.2, -0.15) is 4.31 Å². The molecule has 4 aromatic rings. The molecule has 0 N–H and O–H groups in total. The Labute approximate surface area is 216 Å². The summed E-state index contributed by atoms with van der Waals surface area (Å²) in [6, 6.07) is 20.3. The van der Waals surface area contributed by atoms with Gasteiger partial charge in [0.15, 0.2) is 0 Å². The van der Waals surface area contributed by atoms with Crippen LogP contribution in [-0.2, 0) is 10.0 Å². The number of carbonyl (C=O) groups excluding carboxylic acids is 1. The summed E-state index contributed by atoms with van der Waals surface area (Å²) < 4.78 is 33.7. The molecule has 1 aliphatic heterocycles. The van der Waals surface area contributed by atoms with E-state index in [1.807, 2.05) is 50.2 Å². The number of rotatable bonds is 5. The molecule has 0 aliphatic carbocycles. The number of amides is 1. The van der Waals surface area contributed by atoms with Crippen LogP contribution >= 0.6 is 0 Å². The highest BCUT2D eigenvalue weighted by atomic mass is 32.2. The molecule has 1 aliphatic rings. The molecule has 0 unspecified atom stereocenters. The van der Waals surface area contributed by atoms with Gasteiger partial charge in [-0.25, -0.2) is 8.42 Å². The lowest BCUT2D eigenvalue weighted by atomic mass is 10.1. The van der Waals surface area contributed by atoms with Gasteiger partial charge in [-0.05, 0) is 74.4 Å². The first kappa shape index (κ1) is 24.9. The Morgan fingerprint density at radius 1 is 0.757 bits per heavy atom. The number of nitrogens with zero attached hydrogens (tertiary/aromatic N) is 4. The van der Waals surface area contributed by atoms with E-state index >= 15 is 0 Å². The van der Waals surface area contributed by atoms with Gasteiger partial charge in [-0.15, -0.1) is 10.2 Å². The Morgan fingerprint density at radius 2 is 1.30 bits per heavy atom. The van der Waals surface area contributed by atoms with Crippen molar-refractivity contribution < 1.29 is 17.6 Å². The number of aryl methyl sites for hydroxylation is 3. The zero-order valence-electron chi connectivity index (χ0n) is 21.0. The van der Waals surface area contributed by atoms with E-state index in [0.29, 0.717) is 40.9 Å². The van der Waals surface area contributed by atoms with E-state index in [0.717, 1.165) is 22.3 Å². The fourth-order valence-corrected chi connectivity index (χ4v) is 6.08. The average Bonchev–Trinajstić information content (AvgIpc) is 3.40. The molecule has 1 aromatic heterocycles. The second-order valence-corrected chi connectivity index (χ2v) is 11.2. The van der Waals surface area contributed by atoms with Crippen LogP contribution in [0.3, 0.4) is 0 Å². The van der Waals surface area contributed by atoms with E-state index in [1.54, 1.807) is 42.2 Å². The lowest BCUT2D eigenvalue weighted by Gasteiger charge is -2.34. The quantitative estimate of drug-likeness (QED) is 0.388. The molecule has 0 spiro atoms. The number of piperazine rings is 1. The van der Waals surface area contributed by atoms with Crippen LogP contribution < -0.4 is 0 Å². The predicted molar refractivity (Wildman–Crippen MR) is 140 cm³/mol. The van der Waals surface area contributed by atoms with Gasteiger partial charge in [-0.3, -0.25) is 4.79 Å². The van der Waals surface area contributed by atoms with Gasteiger partial charge in [0.2, 0.25) is 21.8 Å². The van der Waals surface area contributed by atoms with Crippen LogP contribution in [0.5, 0.6) is 0 Å². The number of benzene rings is 3. The average molecular weight is 517 g/mol. The van der Waals surface area contributed by atoms with E-state index < -0.39 is 10.0 Å². The third kappa shape index (κ3) is 5.05. The van der Waals surface area contributed by atoms with Crippen molar-refractivity contribution in [3.63, 3.8) is 0 Å². The third-order valence-electron chi connectivity index (χ3n) is 6.59. The maximum Gasteiger partial charge on any atom is 0.253 e. The molecule has 1 fully saturated rings. The number of sulfonamides is 1. The minimum Gasteiger partial charge on any atom is -0.416 e. The summed E-state index contributed by atoms with van der Waals surface area (Å²) in [5.41, 5.74) is 4.84. The molecule has 190 valence electrons. The van der Waals surface area contributed by atoms with E-state index in [-0.39, 0.29) is 19.0 Å². The monoisotopic (exact) mass is 516 g/mol. The highest BCUT2D eigenvalue weighted by molar-refractivity contribution is 7.89.